The van der Waals surface area contributed by atoms with Crippen molar-refractivity contribution in [3.05, 3.63) is 28.2 Å². The zero-order valence-electron chi connectivity index (χ0n) is 9.14. The summed E-state index contributed by atoms with van der Waals surface area (Å²) in [5.74, 6) is 0.111. The highest BCUT2D eigenvalue weighted by molar-refractivity contribution is 6.50. The Hall–Kier alpha value is -0.350. The molecule has 0 heterocycles. The first kappa shape index (κ1) is 14.1. The first-order valence-electron chi connectivity index (χ1n) is 5.26. The molecule has 0 aromatic heterocycles. The second-order valence-electron chi connectivity index (χ2n) is 4.13. The molecule has 2 N–H and O–H groups in total. The minimum absolute atomic E-state index is 0.111. The van der Waals surface area contributed by atoms with Crippen LogP contribution in [0.5, 0.6) is 0 Å². The molecule has 1 atom stereocenters. The standard InChI is InChI=1S/C11H10Cl4N2O/c12-8-2-1-7(3-9(8)13)17-10(18)16-5-6-4-11(6,14)15/h1-3,6H,4-5H2,(H2,16,17,18)/t6-/m0/s1. The van der Waals surface area contributed by atoms with E-state index in [9.17, 15) is 4.79 Å². The molecular weight excluding hydrogens is 318 g/mol. The van der Waals surface area contributed by atoms with Gasteiger partial charge in [-0.05, 0) is 24.6 Å². The molecule has 18 heavy (non-hydrogen) atoms. The summed E-state index contributed by atoms with van der Waals surface area (Å²) in [6, 6.07) is 4.53. The molecule has 0 unspecified atom stereocenters. The number of halogens is 4. The number of hydrogen-bond acceptors (Lipinski definition) is 1. The van der Waals surface area contributed by atoms with E-state index >= 15 is 0 Å². The number of alkyl halides is 2. The molecule has 7 heteroatoms. The minimum atomic E-state index is -0.684. The monoisotopic (exact) mass is 326 g/mol. The Morgan fingerprint density at radius 2 is 2.00 bits per heavy atom. The van der Waals surface area contributed by atoms with E-state index in [1.54, 1.807) is 18.2 Å². The Morgan fingerprint density at radius 1 is 1.33 bits per heavy atom. The molecule has 3 nitrogen and oxygen atoms in total. The predicted molar refractivity (Wildman–Crippen MR) is 76.0 cm³/mol. The zero-order valence-corrected chi connectivity index (χ0v) is 12.2. The maximum Gasteiger partial charge on any atom is 0.319 e. The summed E-state index contributed by atoms with van der Waals surface area (Å²) in [5.41, 5.74) is 0.570. The van der Waals surface area contributed by atoms with E-state index in [1.807, 2.05) is 0 Å². The topological polar surface area (TPSA) is 41.1 Å². The first-order chi connectivity index (χ1) is 8.38. The maximum atomic E-state index is 11.6. The minimum Gasteiger partial charge on any atom is -0.337 e. The van der Waals surface area contributed by atoms with Crippen LogP contribution in [0.2, 0.25) is 10.0 Å². The van der Waals surface area contributed by atoms with Gasteiger partial charge in [0.2, 0.25) is 0 Å². The molecule has 1 aromatic carbocycles. The van der Waals surface area contributed by atoms with E-state index in [-0.39, 0.29) is 11.9 Å². The lowest BCUT2D eigenvalue weighted by atomic mass is 10.3. The van der Waals surface area contributed by atoms with Crippen molar-refractivity contribution < 1.29 is 4.79 Å². The number of amides is 2. The third-order valence-electron chi connectivity index (χ3n) is 2.64. The molecule has 1 aromatic rings. The van der Waals surface area contributed by atoms with Crippen molar-refractivity contribution in [1.29, 1.82) is 0 Å². The number of urea groups is 1. The summed E-state index contributed by atoms with van der Waals surface area (Å²) < 4.78 is -0.684. The number of carbonyl (C=O) groups excluding carboxylic acids is 1. The quantitative estimate of drug-likeness (QED) is 0.798. The van der Waals surface area contributed by atoms with E-state index in [1.165, 1.54) is 0 Å². The maximum absolute atomic E-state index is 11.6. The van der Waals surface area contributed by atoms with Crippen LogP contribution in [0, 0.1) is 5.92 Å². The number of anilines is 1. The number of carbonyl (C=O) groups is 1. The molecular formula is C11H10Cl4N2O. The molecule has 2 amide bonds. The molecule has 1 aliphatic carbocycles. The fourth-order valence-electron chi connectivity index (χ4n) is 1.46. The molecule has 0 aliphatic heterocycles. The number of nitrogens with one attached hydrogen (secondary N) is 2. The van der Waals surface area contributed by atoms with Crippen LogP contribution in [0.1, 0.15) is 6.42 Å². The Balaban J connectivity index is 1.82. The third kappa shape index (κ3) is 3.58. The van der Waals surface area contributed by atoms with Crippen LogP contribution in [0.25, 0.3) is 0 Å². The summed E-state index contributed by atoms with van der Waals surface area (Å²) in [6.45, 7) is 0.445. The van der Waals surface area contributed by atoms with Gasteiger partial charge in [0, 0.05) is 18.2 Å². The third-order valence-corrected chi connectivity index (χ3v) is 4.31. The van der Waals surface area contributed by atoms with Crippen LogP contribution < -0.4 is 10.6 Å². The molecule has 98 valence electrons. The van der Waals surface area contributed by atoms with Crippen molar-refractivity contribution in [1.82, 2.24) is 5.32 Å². The second-order valence-corrected chi connectivity index (χ2v) is 6.48. The Labute approximate surface area is 125 Å². The molecule has 0 bridgehead atoms. The molecule has 1 aliphatic rings. The Bertz CT molecular complexity index is 478. The number of hydrogen-bond donors (Lipinski definition) is 2. The van der Waals surface area contributed by atoms with Crippen molar-refractivity contribution in [2.24, 2.45) is 5.92 Å². The Kier molecular flexibility index (Phi) is 4.17. The van der Waals surface area contributed by atoms with Crippen LogP contribution in [-0.2, 0) is 0 Å². The van der Waals surface area contributed by atoms with E-state index in [2.05, 4.69) is 10.6 Å². The van der Waals surface area contributed by atoms with Crippen molar-refractivity contribution in [2.75, 3.05) is 11.9 Å². The SMILES string of the molecule is O=C(NC[C@@H]1CC1(Cl)Cl)Nc1ccc(Cl)c(Cl)c1. The van der Waals surface area contributed by atoms with Gasteiger partial charge >= 0.3 is 6.03 Å². The van der Waals surface area contributed by atoms with Crippen LogP contribution >= 0.6 is 46.4 Å². The van der Waals surface area contributed by atoms with Gasteiger partial charge in [-0.25, -0.2) is 4.79 Å². The van der Waals surface area contributed by atoms with Crippen LogP contribution in [0.15, 0.2) is 18.2 Å². The molecule has 0 spiro atoms. The highest BCUT2D eigenvalue weighted by atomic mass is 35.5. The average Bonchev–Trinajstić information content (AvgIpc) is 2.89. The number of rotatable bonds is 3. The molecule has 1 fully saturated rings. The van der Waals surface area contributed by atoms with Crippen molar-refractivity contribution >= 4 is 58.1 Å². The van der Waals surface area contributed by atoms with Gasteiger partial charge in [0.25, 0.3) is 0 Å². The fraction of sp³-hybridized carbons (Fsp3) is 0.364. The molecule has 2 rings (SSSR count). The van der Waals surface area contributed by atoms with Crippen LogP contribution in [-0.4, -0.2) is 16.9 Å². The fourth-order valence-corrected chi connectivity index (χ4v) is 2.28. The summed E-state index contributed by atoms with van der Waals surface area (Å²) in [4.78, 5) is 11.6. The van der Waals surface area contributed by atoms with Gasteiger partial charge in [0.15, 0.2) is 0 Å². The lowest BCUT2D eigenvalue weighted by Crippen LogP contribution is -2.31. The van der Waals surface area contributed by atoms with Gasteiger partial charge in [0.1, 0.15) is 4.33 Å². The van der Waals surface area contributed by atoms with Gasteiger partial charge in [-0.15, -0.1) is 23.2 Å². The van der Waals surface area contributed by atoms with Gasteiger partial charge in [-0.1, -0.05) is 23.2 Å². The second kappa shape index (κ2) is 5.33. The molecule has 1 saturated carbocycles. The lowest BCUT2D eigenvalue weighted by Gasteiger charge is -2.08. The summed E-state index contributed by atoms with van der Waals surface area (Å²) in [5, 5.41) is 6.15. The predicted octanol–water partition coefficient (Wildman–Crippen LogP) is 4.31. The van der Waals surface area contributed by atoms with Gasteiger partial charge < -0.3 is 10.6 Å². The van der Waals surface area contributed by atoms with E-state index in [0.29, 0.717) is 28.7 Å². The van der Waals surface area contributed by atoms with Crippen LogP contribution in [0.4, 0.5) is 10.5 Å². The molecule has 0 radical (unpaired) electrons. The first-order valence-corrected chi connectivity index (χ1v) is 6.77. The smallest absolute Gasteiger partial charge is 0.319 e. The summed E-state index contributed by atoms with van der Waals surface area (Å²) >= 11 is 23.3. The van der Waals surface area contributed by atoms with Gasteiger partial charge in [-0.2, -0.15) is 0 Å². The van der Waals surface area contributed by atoms with Crippen LogP contribution in [0.3, 0.4) is 0 Å². The van der Waals surface area contributed by atoms with Gasteiger partial charge in [0.05, 0.1) is 10.0 Å². The summed E-state index contributed by atoms with van der Waals surface area (Å²) in [7, 11) is 0. The summed E-state index contributed by atoms with van der Waals surface area (Å²) in [6.07, 6.45) is 0.698. The largest absolute Gasteiger partial charge is 0.337 e. The molecule has 0 saturated heterocycles. The lowest BCUT2D eigenvalue weighted by molar-refractivity contribution is 0.251. The average molecular weight is 328 g/mol. The van der Waals surface area contributed by atoms with Crippen molar-refractivity contribution in [3.8, 4) is 0 Å². The van der Waals surface area contributed by atoms with Crippen molar-refractivity contribution in [2.45, 2.75) is 10.8 Å². The van der Waals surface area contributed by atoms with E-state index < -0.39 is 4.33 Å². The van der Waals surface area contributed by atoms with Crippen molar-refractivity contribution in [3.63, 3.8) is 0 Å². The highest BCUT2D eigenvalue weighted by Crippen LogP contribution is 2.52. The normalized spacial score (nSPS) is 20.3. The van der Waals surface area contributed by atoms with Gasteiger partial charge in [-0.3, -0.25) is 0 Å². The Morgan fingerprint density at radius 3 is 2.56 bits per heavy atom. The highest BCUT2D eigenvalue weighted by Gasteiger charge is 2.51. The number of benzene rings is 1. The van der Waals surface area contributed by atoms with E-state index in [4.69, 9.17) is 46.4 Å². The zero-order chi connectivity index (χ0) is 13.3. The van der Waals surface area contributed by atoms with E-state index in [0.717, 1.165) is 0 Å².